The lowest BCUT2D eigenvalue weighted by molar-refractivity contribution is 0.104. The molecule has 0 aliphatic carbocycles. The first-order valence-electron chi connectivity index (χ1n) is 4.12. The van der Waals surface area contributed by atoms with Crippen molar-refractivity contribution in [2.75, 3.05) is 0 Å². The predicted molar refractivity (Wildman–Crippen MR) is 69.5 cm³/mol. The Labute approximate surface area is 109 Å². The summed E-state index contributed by atoms with van der Waals surface area (Å²) in [6.45, 7) is 1.90. The van der Waals surface area contributed by atoms with Crippen molar-refractivity contribution in [3.8, 4) is 0 Å². The van der Waals surface area contributed by atoms with Crippen molar-refractivity contribution in [2.45, 2.75) is 6.92 Å². The predicted octanol–water partition coefficient (Wildman–Crippen LogP) is 4.76. The van der Waals surface area contributed by atoms with E-state index in [9.17, 15) is 4.79 Å². The first-order chi connectivity index (χ1) is 7.11. The van der Waals surface area contributed by atoms with Gasteiger partial charge in [0, 0.05) is 4.47 Å². The Morgan fingerprint density at radius 1 is 1.40 bits per heavy atom. The molecule has 2 aromatic rings. The molecule has 0 amide bonds. The van der Waals surface area contributed by atoms with Gasteiger partial charge >= 0.3 is 0 Å². The second-order valence-corrected chi connectivity index (χ2v) is 6.02. The highest BCUT2D eigenvalue weighted by atomic mass is 79.9. The maximum absolute atomic E-state index is 12.1. The Kier molecular flexibility index (Phi) is 3.30. The van der Waals surface area contributed by atoms with Gasteiger partial charge in [-0.25, -0.2) is 0 Å². The molecule has 0 unspecified atom stereocenters. The molecular formula is C10H6BrClOS2. The van der Waals surface area contributed by atoms with Gasteiger partial charge in [-0.2, -0.15) is 0 Å². The van der Waals surface area contributed by atoms with Gasteiger partial charge < -0.3 is 0 Å². The van der Waals surface area contributed by atoms with E-state index in [0.29, 0.717) is 14.8 Å². The van der Waals surface area contributed by atoms with Crippen LogP contribution in [0.1, 0.15) is 20.1 Å². The van der Waals surface area contributed by atoms with Gasteiger partial charge in [0.15, 0.2) is 0 Å². The maximum Gasteiger partial charge on any atom is 0.215 e. The second-order valence-electron chi connectivity index (χ2n) is 2.99. The molecule has 0 aliphatic heterocycles. The molecular weight excluding hydrogens is 316 g/mol. The molecule has 0 aromatic carbocycles. The first kappa shape index (κ1) is 11.3. The highest BCUT2D eigenvalue weighted by Crippen LogP contribution is 2.33. The summed E-state index contributed by atoms with van der Waals surface area (Å²) in [4.78, 5) is 13.4. The number of hydrogen-bond acceptors (Lipinski definition) is 3. The summed E-state index contributed by atoms with van der Waals surface area (Å²) in [6, 6.07) is 1.87. The average molecular weight is 322 g/mol. The van der Waals surface area contributed by atoms with Crippen molar-refractivity contribution in [3.05, 3.63) is 41.6 Å². The van der Waals surface area contributed by atoms with E-state index in [0.717, 1.165) is 10.0 Å². The lowest BCUT2D eigenvalue weighted by Crippen LogP contribution is -1.96. The first-order valence-corrected chi connectivity index (χ1v) is 7.05. The third-order valence-electron chi connectivity index (χ3n) is 1.93. The minimum Gasteiger partial charge on any atom is -0.287 e. The van der Waals surface area contributed by atoms with Crippen molar-refractivity contribution in [1.82, 2.24) is 0 Å². The largest absolute Gasteiger partial charge is 0.287 e. The molecule has 2 heterocycles. The van der Waals surface area contributed by atoms with E-state index >= 15 is 0 Å². The van der Waals surface area contributed by atoms with Gasteiger partial charge in [-0.3, -0.25) is 4.79 Å². The third-order valence-corrected chi connectivity index (χ3v) is 5.46. The van der Waals surface area contributed by atoms with Crippen molar-refractivity contribution in [1.29, 1.82) is 0 Å². The third kappa shape index (κ3) is 2.04. The topological polar surface area (TPSA) is 17.1 Å². The Hall–Kier alpha value is -0.160. The van der Waals surface area contributed by atoms with E-state index in [4.69, 9.17) is 11.6 Å². The fraction of sp³-hybridized carbons (Fsp3) is 0.100. The number of thiophene rings is 2. The zero-order valence-electron chi connectivity index (χ0n) is 7.71. The molecule has 0 aliphatic rings. The number of rotatable bonds is 2. The van der Waals surface area contributed by atoms with Crippen LogP contribution in [-0.4, -0.2) is 5.78 Å². The van der Waals surface area contributed by atoms with Crippen LogP contribution in [-0.2, 0) is 0 Å². The lowest BCUT2D eigenvalue weighted by atomic mass is 10.2. The summed E-state index contributed by atoms with van der Waals surface area (Å²) >= 11 is 12.2. The number of hydrogen-bond donors (Lipinski definition) is 0. The highest BCUT2D eigenvalue weighted by Gasteiger charge is 2.19. The highest BCUT2D eigenvalue weighted by molar-refractivity contribution is 9.10. The van der Waals surface area contributed by atoms with E-state index < -0.39 is 0 Å². The van der Waals surface area contributed by atoms with Gasteiger partial charge in [0.25, 0.3) is 0 Å². The quantitative estimate of drug-likeness (QED) is 0.729. The number of halogens is 2. The summed E-state index contributed by atoms with van der Waals surface area (Å²) in [5.74, 6) is -0.0000231. The average Bonchev–Trinajstić information content (AvgIpc) is 2.75. The van der Waals surface area contributed by atoms with Gasteiger partial charge in [-0.15, -0.1) is 22.7 Å². The van der Waals surface area contributed by atoms with Crippen LogP contribution >= 0.6 is 50.2 Å². The van der Waals surface area contributed by atoms with E-state index in [2.05, 4.69) is 15.9 Å². The minimum absolute atomic E-state index is 0.0000231. The molecule has 0 N–H and O–H groups in total. The van der Waals surface area contributed by atoms with Crippen LogP contribution in [0, 0.1) is 6.92 Å². The fourth-order valence-corrected chi connectivity index (χ4v) is 3.93. The Morgan fingerprint density at radius 3 is 2.60 bits per heavy atom. The smallest absolute Gasteiger partial charge is 0.215 e. The summed E-state index contributed by atoms with van der Waals surface area (Å²) in [5.41, 5.74) is 0.956. The molecule has 2 rings (SSSR count). The molecule has 1 nitrogen and oxygen atoms in total. The summed E-state index contributed by atoms with van der Waals surface area (Å²) in [6.07, 6.45) is 0. The molecule has 0 radical (unpaired) electrons. The molecule has 0 saturated heterocycles. The lowest BCUT2D eigenvalue weighted by Gasteiger charge is -1.96. The Balaban J connectivity index is 2.46. The summed E-state index contributed by atoms with van der Waals surface area (Å²) in [5, 5.41) is 4.35. The Morgan fingerprint density at radius 2 is 2.13 bits per heavy atom. The number of carbonyl (C=O) groups excluding carboxylic acids is 1. The van der Waals surface area contributed by atoms with Crippen molar-refractivity contribution < 1.29 is 4.79 Å². The molecule has 0 saturated carbocycles. The molecule has 0 spiro atoms. The summed E-state index contributed by atoms with van der Waals surface area (Å²) < 4.78 is 0.833. The van der Waals surface area contributed by atoms with Crippen LogP contribution in [0.2, 0.25) is 5.02 Å². The van der Waals surface area contributed by atoms with Crippen molar-refractivity contribution in [3.63, 3.8) is 0 Å². The molecule has 0 atom stereocenters. The monoisotopic (exact) mass is 320 g/mol. The number of aryl methyl sites for hydroxylation is 1. The number of ketones is 1. The van der Waals surface area contributed by atoms with Gasteiger partial charge in [-0.05, 0) is 45.2 Å². The van der Waals surface area contributed by atoms with E-state index in [1.54, 1.807) is 0 Å². The Bertz CT molecular complexity index is 515. The molecule has 2 aromatic heterocycles. The SMILES string of the molecule is Cc1csc(C(=O)c2sccc2Br)c1Cl. The van der Waals surface area contributed by atoms with Gasteiger partial charge in [-0.1, -0.05) is 11.6 Å². The van der Waals surface area contributed by atoms with Gasteiger partial charge in [0.2, 0.25) is 5.78 Å². The zero-order valence-corrected chi connectivity index (χ0v) is 11.7. The number of carbonyl (C=O) groups is 1. The van der Waals surface area contributed by atoms with Crippen molar-refractivity contribution in [2.24, 2.45) is 0 Å². The zero-order chi connectivity index (χ0) is 11.0. The van der Waals surface area contributed by atoms with E-state index in [-0.39, 0.29) is 5.78 Å². The molecule has 15 heavy (non-hydrogen) atoms. The molecule has 0 fully saturated rings. The normalized spacial score (nSPS) is 10.6. The summed E-state index contributed by atoms with van der Waals surface area (Å²) in [7, 11) is 0. The van der Waals surface area contributed by atoms with Crippen LogP contribution in [0.3, 0.4) is 0 Å². The maximum atomic E-state index is 12.1. The molecule has 0 bridgehead atoms. The molecule has 5 heteroatoms. The molecule has 78 valence electrons. The van der Waals surface area contributed by atoms with Gasteiger partial charge in [0.05, 0.1) is 14.8 Å². The van der Waals surface area contributed by atoms with E-state index in [1.807, 2.05) is 23.8 Å². The van der Waals surface area contributed by atoms with Crippen LogP contribution < -0.4 is 0 Å². The van der Waals surface area contributed by atoms with Crippen molar-refractivity contribution >= 4 is 56.0 Å². The van der Waals surface area contributed by atoms with Crippen LogP contribution in [0.25, 0.3) is 0 Å². The van der Waals surface area contributed by atoms with Gasteiger partial charge in [0.1, 0.15) is 0 Å². The fourth-order valence-electron chi connectivity index (χ4n) is 1.14. The van der Waals surface area contributed by atoms with E-state index in [1.165, 1.54) is 22.7 Å². The van der Waals surface area contributed by atoms with Crippen LogP contribution in [0.15, 0.2) is 21.3 Å². The standard InChI is InChI=1S/C10H6BrClOS2/c1-5-4-15-10(7(5)12)8(13)9-6(11)2-3-14-9/h2-4H,1H3. The minimum atomic E-state index is -0.0000231. The van der Waals surface area contributed by atoms with Crippen LogP contribution in [0.4, 0.5) is 0 Å². The van der Waals surface area contributed by atoms with Crippen LogP contribution in [0.5, 0.6) is 0 Å². The second kappa shape index (κ2) is 4.37.